The number of halogens is 5. The molecule has 6 nitrogen and oxygen atoms in total. The Hall–Kier alpha value is -4.23. The number of piperidine rings is 1. The first-order chi connectivity index (χ1) is 38.5. The maximum Gasteiger partial charge on any atom is 0.416 e. The minimum absolute atomic E-state index is 0.199. The maximum absolute atomic E-state index is 16.0. The molecule has 0 aromatic heterocycles. The number of nitrogens with zero attached hydrogens (tertiary/aromatic N) is 3. The van der Waals surface area contributed by atoms with E-state index in [4.69, 9.17) is 35.6 Å². The Morgan fingerprint density at radius 3 is 2.53 bits per heavy atom. The van der Waals surface area contributed by atoms with Crippen molar-refractivity contribution < 1.29 is 81.8 Å². The minimum Gasteiger partial charge on any atom is -0.384 e. The van der Waals surface area contributed by atoms with Gasteiger partial charge < -0.3 is 24.5 Å². The van der Waals surface area contributed by atoms with Crippen molar-refractivity contribution in [2.24, 2.45) is 0 Å². The lowest BCUT2D eigenvalue weighted by Gasteiger charge is -2.41. The van der Waals surface area contributed by atoms with Crippen molar-refractivity contribution in [2.45, 2.75) is 50.3 Å². The van der Waals surface area contributed by atoms with Gasteiger partial charge in [-0.25, -0.2) is 8.78 Å². The molecule has 0 aliphatic carbocycles. The van der Waals surface area contributed by atoms with Gasteiger partial charge in [0.25, 0.3) is 0 Å². The van der Waals surface area contributed by atoms with Gasteiger partial charge in [0.2, 0.25) is 5.91 Å². The number of benzene rings is 4. The zero-order chi connectivity index (χ0) is 66.7. The normalized spacial score (nSPS) is 31.3. The van der Waals surface area contributed by atoms with Crippen LogP contribution in [0.3, 0.4) is 0 Å². The van der Waals surface area contributed by atoms with Crippen LogP contribution in [0.2, 0.25) is 0 Å². The molecule has 280 valence electrons. The van der Waals surface area contributed by atoms with Gasteiger partial charge in [-0.1, -0.05) is 60.4 Å². The Morgan fingerprint density at radius 2 is 1.79 bits per heavy atom. The Bertz CT molecular complexity index is 3450. The highest BCUT2D eigenvalue weighted by Crippen LogP contribution is 2.41. The molecule has 4 aromatic carbocycles. The highest BCUT2D eigenvalue weighted by atomic mass is 32.2. The molecule has 1 saturated heterocycles. The van der Waals surface area contributed by atoms with E-state index in [0.717, 1.165) is 0 Å². The number of thioether (sulfide) groups is 1. The van der Waals surface area contributed by atoms with Crippen molar-refractivity contribution in [3.8, 4) is 11.1 Å². The summed E-state index contributed by atoms with van der Waals surface area (Å²) in [5.74, 6) is -8.21. The number of rotatable bonds is 12. The molecular weight excluding hydrogens is 710 g/mol. The van der Waals surface area contributed by atoms with Crippen molar-refractivity contribution >= 4 is 23.4 Å². The average molecular weight is 785 g/mol. The van der Waals surface area contributed by atoms with E-state index in [0.29, 0.717) is 6.92 Å². The van der Waals surface area contributed by atoms with Gasteiger partial charge in [0.05, 0.1) is 48.7 Å². The fraction of sp³-hybridized carbons (Fsp3) is 0.341. The second-order valence-electron chi connectivity index (χ2n) is 10.3. The van der Waals surface area contributed by atoms with Crippen LogP contribution in [0.15, 0.2) is 95.7 Å². The van der Waals surface area contributed by atoms with E-state index in [1.165, 1.54) is 0 Å². The third-order valence-electron chi connectivity index (χ3n) is 6.93. The molecule has 1 unspecified atom stereocenters. The van der Waals surface area contributed by atoms with Gasteiger partial charge in [-0.15, -0.1) is 11.8 Å². The first-order valence-electron chi connectivity index (χ1n) is 30.9. The second-order valence-corrected chi connectivity index (χ2v) is 11.3. The van der Waals surface area contributed by atoms with E-state index >= 15 is 9.18 Å². The summed E-state index contributed by atoms with van der Waals surface area (Å²) in [7, 11) is -4.02. The smallest absolute Gasteiger partial charge is 0.384 e. The minimum atomic E-state index is -5.56. The van der Waals surface area contributed by atoms with Crippen LogP contribution >= 0.6 is 11.8 Å². The number of likely N-dealkylation sites (tertiary alicyclic amines) is 1. The SMILES string of the molecule is [2H]C1=C(SCc2c([2H])c([2H])c([2H])c(F)c2F)N(C([2H])([2H])C(=O)N(Cc2c([2H])c([2H])c(-c3c([2H])c([2H])c(C(F)(F)F)c([2H])c3[2H])c([2H])c2C)C2([2H])C([2H])([2H])C([2H])([2H])N(C([2H])([2H])C([2H])([2H])OC([2H])([2H])[2H])C([2H])([2H])C2([2H])[2H])c2c([2H])c([2H])c([2H])c([2H])c2C1O. The van der Waals surface area contributed by atoms with Crippen LogP contribution in [-0.4, -0.2) is 66.4 Å². The van der Waals surface area contributed by atoms with Crippen LogP contribution in [0.4, 0.5) is 27.6 Å². The van der Waals surface area contributed by atoms with Crippen LogP contribution in [0.25, 0.3) is 11.1 Å². The number of para-hydroxylation sites is 1. The van der Waals surface area contributed by atoms with Gasteiger partial charge in [-0.3, -0.25) is 4.79 Å². The number of methoxy groups -OCH3 is 1. The Labute approximate surface area is 357 Å². The van der Waals surface area contributed by atoms with Crippen LogP contribution in [-0.2, 0) is 28.0 Å². The molecule has 2 heterocycles. The zero-order valence-corrected chi connectivity index (χ0v) is 27.2. The first kappa shape index (κ1) is 14.8. The number of alkyl halides is 3. The molecule has 4 aromatic rings. The number of anilines is 1. The molecule has 2 aliphatic rings. The summed E-state index contributed by atoms with van der Waals surface area (Å²) in [6, 6.07) is -27.0. The van der Waals surface area contributed by atoms with Gasteiger partial charge in [-0.2, -0.15) is 13.2 Å². The largest absolute Gasteiger partial charge is 0.416 e. The molecule has 6 rings (SSSR count). The van der Waals surface area contributed by atoms with Crippen LogP contribution in [0, 0.1) is 18.6 Å². The highest BCUT2D eigenvalue weighted by molar-refractivity contribution is 8.02. The molecule has 1 fully saturated rings. The molecular formula is C41H42F5N3O3S. The molecule has 0 spiro atoms. The number of aliphatic hydroxyl groups excluding tert-OH is 1. The molecule has 0 radical (unpaired) electrons. The second kappa shape index (κ2) is 16.8. The van der Waals surface area contributed by atoms with Crippen molar-refractivity contribution in [3.63, 3.8) is 0 Å². The van der Waals surface area contributed by atoms with Gasteiger partial charge in [0.1, 0.15) is 12.6 Å². The Kier molecular flexibility index (Phi) is 4.70. The van der Waals surface area contributed by atoms with E-state index < -0.39 is 251 Å². The number of hydrogen-bond donors (Lipinski definition) is 1. The van der Waals surface area contributed by atoms with Gasteiger partial charge in [0.15, 0.2) is 11.6 Å². The Balaban J connectivity index is 1.77. The van der Waals surface area contributed by atoms with Crippen molar-refractivity contribution in [3.05, 3.63) is 135 Å². The molecule has 0 bridgehead atoms. The molecule has 12 heteroatoms. The van der Waals surface area contributed by atoms with E-state index in [1.807, 2.05) is 0 Å². The fourth-order valence-corrected chi connectivity index (χ4v) is 5.33. The van der Waals surface area contributed by atoms with Crippen molar-refractivity contribution in [1.82, 2.24) is 9.80 Å². The summed E-state index contributed by atoms with van der Waals surface area (Å²) < 4.78 is 363. The highest BCUT2D eigenvalue weighted by Gasteiger charge is 2.33. The standard InChI is InChI=1S/C41H42F5N3O3S/c1-27-22-29(28-12-14-32(15-13-28)41(44,45)46)10-11-30(27)24-48(33-16-18-47(19-17-33)20-21-52-2)38(51)25-49-36-9-4-3-7-34(36)37(50)23-39(49)53-26-31-6-5-8-35(42)40(31)43/h3-15,22-23,33,37,50H,16-21,24-26H2,1-2H3/i2D3,3D,4D,5D,6D,7D,8D,9D,10D,11D,12D,13D,14D,15D,16D2,17D2,18D2,19D2,20D2,21D2,22D,23D,25D2,33D. The van der Waals surface area contributed by atoms with Gasteiger partial charge >= 0.3 is 6.18 Å². The maximum atomic E-state index is 16.0. The fourth-order valence-electron chi connectivity index (χ4n) is 4.39. The molecule has 0 saturated carbocycles. The van der Waals surface area contributed by atoms with Crippen LogP contribution in [0.1, 0.15) is 91.9 Å². The summed E-state index contributed by atoms with van der Waals surface area (Å²) in [4.78, 5) is 13.7. The predicted octanol–water partition coefficient (Wildman–Crippen LogP) is 8.73. The van der Waals surface area contributed by atoms with Crippen LogP contribution < -0.4 is 4.90 Å². The number of ether oxygens (including phenoxy) is 1. The van der Waals surface area contributed by atoms with E-state index in [1.54, 1.807) is 0 Å². The average Bonchev–Trinajstić information content (AvgIpc) is 0.659. The zero-order valence-electron chi connectivity index (χ0n) is 59.4. The summed E-state index contributed by atoms with van der Waals surface area (Å²) >= 11 is -0.199. The number of carbonyl (C=O) groups excluding carboxylic acids is 1. The first-order valence-corrected chi connectivity index (χ1v) is 15.4. The predicted molar refractivity (Wildman–Crippen MR) is 198 cm³/mol. The summed E-state index contributed by atoms with van der Waals surface area (Å²) in [5.41, 5.74) is -10.6. The molecule has 1 N–H and O–H groups in total. The van der Waals surface area contributed by atoms with E-state index in [-0.39, 0.29) is 16.7 Å². The lowest BCUT2D eigenvalue weighted by molar-refractivity contribution is -0.137. The quantitative estimate of drug-likeness (QED) is 0.145. The van der Waals surface area contributed by atoms with Gasteiger partial charge in [-0.05, 0) is 72.1 Å². The summed E-state index contributed by atoms with van der Waals surface area (Å²) in [6.07, 6.45) is -18.3. The van der Waals surface area contributed by atoms with Crippen LogP contribution in [0.5, 0.6) is 0 Å². The van der Waals surface area contributed by atoms with Crippen molar-refractivity contribution in [1.29, 1.82) is 0 Å². The van der Waals surface area contributed by atoms with E-state index in [9.17, 15) is 32.3 Å². The number of fused-ring (bicyclic) bond motifs is 1. The topological polar surface area (TPSA) is 56.3 Å². The molecule has 1 amide bonds. The summed E-state index contributed by atoms with van der Waals surface area (Å²) in [6.45, 7) is -25.4. The lowest BCUT2D eigenvalue weighted by atomic mass is 9.97. The number of amides is 1. The van der Waals surface area contributed by atoms with Crippen molar-refractivity contribution in [2.75, 3.05) is 44.5 Å². The van der Waals surface area contributed by atoms with E-state index in [2.05, 4.69) is 4.74 Å². The monoisotopic (exact) mass is 784 g/mol. The third kappa shape index (κ3) is 9.12. The number of aliphatic hydroxyl groups is 1. The third-order valence-corrected chi connectivity index (χ3v) is 7.94. The van der Waals surface area contributed by atoms with Gasteiger partial charge in [0, 0.05) is 75.4 Å². The number of hydrogen-bond acceptors (Lipinski definition) is 6. The molecule has 53 heavy (non-hydrogen) atoms. The molecule has 1 atom stereocenters. The number of carbonyl (C=O) groups is 1. The molecule has 2 aliphatic heterocycles. The summed E-state index contributed by atoms with van der Waals surface area (Å²) in [5, 5.41) is 10.2. The Morgan fingerprint density at radius 1 is 1.06 bits per heavy atom. The lowest BCUT2D eigenvalue weighted by Crippen LogP contribution is -2.50.